The van der Waals surface area contributed by atoms with E-state index in [0.29, 0.717) is 39.6 Å². The molecule has 0 fully saturated rings. The van der Waals surface area contributed by atoms with Gasteiger partial charge in [0.2, 0.25) is 5.91 Å². The Labute approximate surface area is 226 Å². The average Bonchev–Trinajstić information content (AvgIpc) is 3.24. The van der Waals surface area contributed by atoms with Crippen molar-refractivity contribution in [2.24, 2.45) is 5.92 Å². The van der Waals surface area contributed by atoms with Gasteiger partial charge in [0.25, 0.3) is 0 Å². The van der Waals surface area contributed by atoms with Crippen LogP contribution in [0.15, 0.2) is 48.5 Å². The molecule has 1 N–H and O–H groups in total. The van der Waals surface area contributed by atoms with Gasteiger partial charge in [0.15, 0.2) is 11.5 Å². The van der Waals surface area contributed by atoms with Gasteiger partial charge in [-0.3, -0.25) is 4.79 Å². The van der Waals surface area contributed by atoms with Gasteiger partial charge in [0, 0.05) is 16.0 Å². The Morgan fingerprint density at radius 2 is 1.95 bits per heavy atom. The fraction of sp³-hybridized carbons (Fsp3) is 0.310. The number of amides is 1. The van der Waals surface area contributed by atoms with Crippen LogP contribution in [0.2, 0.25) is 5.02 Å². The van der Waals surface area contributed by atoms with Crippen LogP contribution in [0.5, 0.6) is 11.5 Å². The van der Waals surface area contributed by atoms with Gasteiger partial charge < -0.3 is 19.5 Å². The largest absolute Gasteiger partial charge is 0.493 e. The fourth-order valence-corrected chi connectivity index (χ4v) is 5.76. The number of carbonyl (C=O) groups is 2. The number of rotatable bonds is 9. The van der Waals surface area contributed by atoms with E-state index in [1.807, 2.05) is 30.3 Å². The van der Waals surface area contributed by atoms with Crippen LogP contribution < -0.4 is 14.8 Å². The number of thiophene rings is 1. The number of methoxy groups -OCH3 is 1. The molecule has 194 valence electrons. The van der Waals surface area contributed by atoms with Gasteiger partial charge in [0.05, 0.1) is 19.3 Å². The van der Waals surface area contributed by atoms with E-state index in [9.17, 15) is 9.59 Å². The van der Waals surface area contributed by atoms with Crippen LogP contribution in [0.1, 0.15) is 52.2 Å². The van der Waals surface area contributed by atoms with E-state index in [1.165, 1.54) is 17.4 Å². The molecule has 1 atom stereocenters. The number of hydrogen-bond donors (Lipinski definition) is 1. The SMILES string of the molecule is CCOC(=O)c1c(NC(=O)C=Cc2ccc(OCc3ccc(Cl)cc3)c(OC)c2)sc2c1CCC(C)C2. The maximum Gasteiger partial charge on any atom is 0.341 e. The van der Waals surface area contributed by atoms with Crippen LogP contribution in [-0.2, 0) is 29.0 Å². The number of halogens is 1. The molecule has 8 heteroatoms. The lowest BCUT2D eigenvalue weighted by Crippen LogP contribution is -2.15. The average molecular weight is 540 g/mol. The first-order valence-electron chi connectivity index (χ1n) is 12.2. The minimum absolute atomic E-state index is 0.286. The Hall–Kier alpha value is -3.29. The number of hydrogen-bond acceptors (Lipinski definition) is 6. The first kappa shape index (κ1) is 26.8. The van der Waals surface area contributed by atoms with Gasteiger partial charge in [-0.15, -0.1) is 11.3 Å². The lowest BCUT2D eigenvalue weighted by molar-refractivity contribution is -0.111. The summed E-state index contributed by atoms with van der Waals surface area (Å²) in [7, 11) is 1.57. The third-order valence-corrected chi connectivity index (χ3v) is 7.57. The number of carbonyl (C=O) groups excluding carboxylic acids is 2. The maximum atomic E-state index is 12.8. The van der Waals surface area contributed by atoms with Crippen LogP contribution in [0.25, 0.3) is 6.08 Å². The van der Waals surface area contributed by atoms with Gasteiger partial charge in [-0.25, -0.2) is 4.79 Å². The molecule has 1 aliphatic rings. The maximum absolute atomic E-state index is 12.8. The molecule has 1 heterocycles. The highest BCUT2D eigenvalue weighted by atomic mass is 35.5. The van der Waals surface area contributed by atoms with Crippen LogP contribution in [-0.4, -0.2) is 25.6 Å². The molecule has 6 nitrogen and oxygen atoms in total. The standard InChI is InChI=1S/C29H30ClNO5S/c1-4-35-29(33)27-22-12-5-18(2)15-25(22)37-28(27)31-26(32)14-9-19-8-13-23(24(16-19)34-3)36-17-20-6-10-21(30)11-7-20/h6-11,13-14,16,18H,4-5,12,15,17H2,1-3H3,(H,31,32). The van der Waals surface area contributed by atoms with E-state index in [2.05, 4.69) is 12.2 Å². The Kier molecular flexibility index (Phi) is 8.90. The molecular weight excluding hydrogens is 510 g/mol. The highest BCUT2D eigenvalue weighted by Gasteiger charge is 2.28. The normalized spacial score (nSPS) is 14.8. The second-order valence-electron chi connectivity index (χ2n) is 8.92. The molecule has 0 saturated heterocycles. The van der Waals surface area contributed by atoms with Crippen LogP contribution in [0.3, 0.4) is 0 Å². The van der Waals surface area contributed by atoms with Crippen molar-refractivity contribution in [3.63, 3.8) is 0 Å². The highest BCUT2D eigenvalue weighted by Crippen LogP contribution is 2.40. The molecule has 0 radical (unpaired) electrons. The summed E-state index contributed by atoms with van der Waals surface area (Å²) in [6, 6.07) is 12.9. The van der Waals surface area contributed by atoms with Gasteiger partial charge in [-0.05, 0) is 79.1 Å². The lowest BCUT2D eigenvalue weighted by atomic mass is 9.88. The molecule has 0 bridgehead atoms. The second-order valence-corrected chi connectivity index (χ2v) is 10.5. The van der Waals surface area contributed by atoms with Crippen molar-refractivity contribution in [3.05, 3.63) is 80.7 Å². The van der Waals surface area contributed by atoms with Crippen molar-refractivity contribution >= 4 is 45.9 Å². The number of ether oxygens (including phenoxy) is 3. The van der Waals surface area contributed by atoms with Crippen LogP contribution in [0.4, 0.5) is 5.00 Å². The van der Waals surface area contributed by atoms with E-state index >= 15 is 0 Å². The zero-order chi connectivity index (χ0) is 26.4. The zero-order valence-corrected chi connectivity index (χ0v) is 22.7. The summed E-state index contributed by atoms with van der Waals surface area (Å²) < 4.78 is 16.7. The first-order valence-corrected chi connectivity index (χ1v) is 13.4. The third-order valence-electron chi connectivity index (χ3n) is 6.15. The summed E-state index contributed by atoms with van der Waals surface area (Å²) in [5, 5.41) is 4.13. The smallest absolute Gasteiger partial charge is 0.341 e. The van der Waals surface area contributed by atoms with Gasteiger partial charge in [-0.2, -0.15) is 0 Å². The van der Waals surface area contributed by atoms with E-state index in [0.717, 1.165) is 40.8 Å². The number of esters is 1. The van der Waals surface area contributed by atoms with E-state index < -0.39 is 0 Å². The minimum atomic E-state index is -0.382. The summed E-state index contributed by atoms with van der Waals surface area (Å²) in [4.78, 5) is 26.6. The lowest BCUT2D eigenvalue weighted by Gasteiger charge is -2.18. The molecule has 4 rings (SSSR count). The van der Waals surface area contributed by atoms with Crippen molar-refractivity contribution < 1.29 is 23.8 Å². The summed E-state index contributed by atoms with van der Waals surface area (Å²) in [5.41, 5.74) is 3.27. The summed E-state index contributed by atoms with van der Waals surface area (Å²) in [6.45, 7) is 4.64. The van der Waals surface area contributed by atoms with Crippen molar-refractivity contribution in [1.29, 1.82) is 0 Å². The summed E-state index contributed by atoms with van der Waals surface area (Å²) >= 11 is 7.41. The molecule has 2 aromatic carbocycles. The number of nitrogens with one attached hydrogen (secondary N) is 1. The molecule has 1 aliphatic carbocycles. The van der Waals surface area contributed by atoms with Crippen molar-refractivity contribution in [2.45, 2.75) is 39.7 Å². The Morgan fingerprint density at radius 1 is 1.16 bits per heavy atom. The molecule has 0 aliphatic heterocycles. The van der Waals surface area contributed by atoms with Crippen molar-refractivity contribution in [1.82, 2.24) is 0 Å². The van der Waals surface area contributed by atoms with E-state index in [1.54, 1.807) is 32.2 Å². The topological polar surface area (TPSA) is 73.9 Å². The summed E-state index contributed by atoms with van der Waals surface area (Å²) in [5.74, 6) is 1.00. The molecule has 1 aromatic heterocycles. The predicted molar refractivity (Wildman–Crippen MR) is 148 cm³/mol. The van der Waals surface area contributed by atoms with Crippen molar-refractivity contribution in [2.75, 3.05) is 19.0 Å². The van der Waals surface area contributed by atoms with E-state index in [-0.39, 0.29) is 18.5 Å². The molecule has 1 amide bonds. The molecule has 3 aromatic rings. The van der Waals surface area contributed by atoms with Gasteiger partial charge in [-0.1, -0.05) is 36.7 Å². The molecule has 0 spiro atoms. The predicted octanol–water partition coefficient (Wildman–Crippen LogP) is 6.94. The monoisotopic (exact) mass is 539 g/mol. The number of fused-ring (bicyclic) bond motifs is 1. The van der Waals surface area contributed by atoms with Crippen LogP contribution >= 0.6 is 22.9 Å². The fourth-order valence-electron chi connectivity index (χ4n) is 4.23. The Bertz CT molecular complexity index is 1300. The van der Waals surface area contributed by atoms with Crippen molar-refractivity contribution in [3.8, 4) is 11.5 Å². The zero-order valence-electron chi connectivity index (χ0n) is 21.1. The summed E-state index contributed by atoms with van der Waals surface area (Å²) in [6.07, 6.45) is 5.88. The molecule has 1 unspecified atom stereocenters. The van der Waals surface area contributed by atoms with E-state index in [4.69, 9.17) is 25.8 Å². The number of anilines is 1. The quantitative estimate of drug-likeness (QED) is 0.235. The van der Waals surface area contributed by atoms with Gasteiger partial charge >= 0.3 is 5.97 Å². The molecule has 0 saturated carbocycles. The first-order chi connectivity index (χ1) is 17.9. The molecule has 37 heavy (non-hydrogen) atoms. The second kappa shape index (κ2) is 12.3. The highest BCUT2D eigenvalue weighted by molar-refractivity contribution is 7.17. The number of benzene rings is 2. The third kappa shape index (κ3) is 6.73. The van der Waals surface area contributed by atoms with Gasteiger partial charge in [0.1, 0.15) is 11.6 Å². The Morgan fingerprint density at radius 3 is 2.68 bits per heavy atom. The Balaban J connectivity index is 1.45. The minimum Gasteiger partial charge on any atom is -0.493 e. The molecular formula is C29H30ClNO5S. The van der Waals surface area contributed by atoms with Crippen LogP contribution in [0, 0.1) is 5.92 Å².